The molecule has 0 atom stereocenters. The fourth-order valence-corrected chi connectivity index (χ4v) is 4.68. The highest BCUT2D eigenvalue weighted by molar-refractivity contribution is 5.84. The van der Waals surface area contributed by atoms with Crippen LogP contribution in [0.4, 0.5) is 4.39 Å². The van der Waals surface area contributed by atoms with Crippen LogP contribution in [0.2, 0.25) is 0 Å². The number of benzene rings is 1. The summed E-state index contributed by atoms with van der Waals surface area (Å²) in [7, 11) is 1.39. The SMILES string of the molecule is COC(=O)C(C)(C)CCCC(=O)N1CCc2c(n(Cc3cccc(F)c3)c3ncccc23)C1. The number of hydrogen-bond donors (Lipinski definition) is 0. The third-order valence-electron chi connectivity index (χ3n) is 6.53. The number of carbonyl (C=O) groups excluding carboxylic acids is 2. The van der Waals surface area contributed by atoms with Gasteiger partial charge in [-0.1, -0.05) is 12.1 Å². The highest BCUT2D eigenvalue weighted by Gasteiger charge is 2.30. The zero-order valence-corrected chi connectivity index (χ0v) is 19.4. The summed E-state index contributed by atoms with van der Waals surface area (Å²) in [6, 6.07) is 10.6. The minimum Gasteiger partial charge on any atom is -0.469 e. The van der Waals surface area contributed by atoms with Crippen LogP contribution < -0.4 is 0 Å². The zero-order chi connectivity index (χ0) is 23.6. The van der Waals surface area contributed by atoms with Gasteiger partial charge in [0.05, 0.1) is 19.1 Å². The van der Waals surface area contributed by atoms with E-state index < -0.39 is 5.41 Å². The lowest BCUT2D eigenvalue weighted by molar-refractivity contribution is -0.151. The van der Waals surface area contributed by atoms with Crippen molar-refractivity contribution < 1.29 is 18.7 Å². The van der Waals surface area contributed by atoms with Crippen molar-refractivity contribution in [1.82, 2.24) is 14.5 Å². The van der Waals surface area contributed by atoms with Gasteiger partial charge in [0.1, 0.15) is 11.5 Å². The number of carbonyl (C=O) groups is 2. The van der Waals surface area contributed by atoms with Crippen LogP contribution in [0.5, 0.6) is 0 Å². The van der Waals surface area contributed by atoms with Crippen LogP contribution in [0.25, 0.3) is 11.0 Å². The first-order valence-electron chi connectivity index (χ1n) is 11.4. The van der Waals surface area contributed by atoms with Crippen LogP contribution in [0, 0.1) is 11.2 Å². The van der Waals surface area contributed by atoms with Gasteiger partial charge in [-0.2, -0.15) is 0 Å². The second-order valence-electron chi connectivity index (χ2n) is 9.31. The van der Waals surface area contributed by atoms with Crippen molar-refractivity contribution in [3.63, 3.8) is 0 Å². The Morgan fingerprint density at radius 1 is 1.21 bits per heavy atom. The highest BCUT2D eigenvalue weighted by atomic mass is 19.1. The number of halogens is 1. The van der Waals surface area contributed by atoms with E-state index in [0.29, 0.717) is 38.9 Å². The number of ether oxygens (including phenoxy) is 1. The summed E-state index contributed by atoms with van der Waals surface area (Å²) in [6.07, 6.45) is 4.12. The molecule has 7 heteroatoms. The third-order valence-corrected chi connectivity index (χ3v) is 6.53. The molecule has 0 bridgehead atoms. The van der Waals surface area contributed by atoms with Gasteiger partial charge in [0.2, 0.25) is 5.91 Å². The smallest absolute Gasteiger partial charge is 0.311 e. The predicted octanol–water partition coefficient (Wildman–Crippen LogP) is 4.48. The molecule has 2 aromatic heterocycles. The standard InChI is InChI=1S/C26H30FN3O3/c1-26(2,25(32)33-3)12-5-10-23(31)29-14-11-20-21-9-6-13-28-24(21)30(22(20)17-29)16-18-7-4-8-19(27)15-18/h4,6-9,13,15H,5,10-12,14,16-17H2,1-3H3. The van der Waals surface area contributed by atoms with E-state index in [4.69, 9.17) is 4.74 Å². The number of aromatic nitrogens is 2. The molecule has 0 fully saturated rings. The van der Waals surface area contributed by atoms with Crippen LogP contribution in [0.3, 0.4) is 0 Å². The first-order chi connectivity index (χ1) is 15.8. The van der Waals surface area contributed by atoms with Gasteiger partial charge in [-0.15, -0.1) is 0 Å². The molecule has 1 amide bonds. The van der Waals surface area contributed by atoms with Crippen LogP contribution in [-0.4, -0.2) is 40.0 Å². The number of hydrogen-bond acceptors (Lipinski definition) is 4. The van der Waals surface area contributed by atoms with E-state index in [1.807, 2.05) is 30.9 Å². The van der Waals surface area contributed by atoms with E-state index in [1.165, 1.54) is 24.8 Å². The van der Waals surface area contributed by atoms with Crippen LogP contribution in [-0.2, 0) is 33.8 Å². The molecule has 4 rings (SSSR count). The summed E-state index contributed by atoms with van der Waals surface area (Å²) in [6.45, 7) is 5.33. The summed E-state index contributed by atoms with van der Waals surface area (Å²) >= 11 is 0. The molecular weight excluding hydrogens is 421 g/mol. The summed E-state index contributed by atoms with van der Waals surface area (Å²) in [5.41, 5.74) is 3.38. The topological polar surface area (TPSA) is 64.4 Å². The summed E-state index contributed by atoms with van der Waals surface area (Å²) in [5.74, 6) is -0.443. The molecule has 1 aliphatic rings. The molecular formula is C26H30FN3O3. The number of rotatable bonds is 7. The molecule has 6 nitrogen and oxygen atoms in total. The van der Waals surface area contributed by atoms with Gasteiger partial charge in [-0.05, 0) is 68.5 Å². The molecule has 0 aliphatic carbocycles. The Kier molecular flexibility index (Phi) is 6.49. The first kappa shape index (κ1) is 23.0. The summed E-state index contributed by atoms with van der Waals surface area (Å²) < 4.78 is 20.8. The quantitative estimate of drug-likeness (QED) is 0.497. The molecule has 3 heterocycles. The highest BCUT2D eigenvalue weighted by Crippen LogP contribution is 2.31. The molecule has 0 spiro atoms. The zero-order valence-electron chi connectivity index (χ0n) is 19.4. The average Bonchev–Trinajstić information content (AvgIpc) is 3.11. The fourth-order valence-electron chi connectivity index (χ4n) is 4.68. The number of esters is 1. The second-order valence-corrected chi connectivity index (χ2v) is 9.31. The Bertz CT molecular complexity index is 1180. The van der Waals surface area contributed by atoms with E-state index in [1.54, 1.807) is 12.3 Å². The fraction of sp³-hybridized carbons (Fsp3) is 0.423. The Morgan fingerprint density at radius 3 is 2.79 bits per heavy atom. The lowest BCUT2D eigenvalue weighted by Crippen LogP contribution is -2.37. The molecule has 33 heavy (non-hydrogen) atoms. The van der Waals surface area contributed by atoms with Gasteiger partial charge in [0.15, 0.2) is 0 Å². The van der Waals surface area contributed by atoms with Crippen molar-refractivity contribution >= 4 is 22.9 Å². The molecule has 174 valence electrons. The van der Waals surface area contributed by atoms with Crippen LogP contribution >= 0.6 is 0 Å². The number of amides is 1. The normalized spacial score (nSPS) is 13.8. The minimum atomic E-state index is -0.604. The number of methoxy groups -OCH3 is 1. The van der Waals surface area contributed by atoms with Gasteiger partial charge < -0.3 is 14.2 Å². The average molecular weight is 452 g/mol. The lowest BCUT2D eigenvalue weighted by atomic mass is 9.87. The van der Waals surface area contributed by atoms with Crippen molar-refractivity contribution in [3.05, 3.63) is 65.2 Å². The van der Waals surface area contributed by atoms with E-state index in [9.17, 15) is 14.0 Å². The summed E-state index contributed by atoms with van der Waals surface area (Å²) in [5, 5.41) is 1.09. The van der Waals surface area contributed by atoms with E-state index in [-0.39, 0.29) is 17.7 Å². The molecule has 3 aromatic rings. The third kappa shape index (κ3) is 4.77. The number of fused-ring (bicyclic) bond motifs is 3. The van der Waals surface area contributed by atoms with Gasteiger partial charge >= 0.3 is 5.97 Å². The molecule has 1 aromatic carbocycles. The maximum absolute atomic E-state index is 13.8. The molecule has 0 unspecified atom stereocenters. The molecule has 0 saturated carbocycles. The Balaban J connectivity index is 1.53. The van der Waals surface area contributed by atoms with Crippen molar-refractivity contribution in [3.8, 4) is 0 Å². The van der Waals surface area contributed by atoms with Gasteiger partial charge in [-0.25, -0.2) is 9.37 Å². The van der Waals surface area contributed by atoms with E-state index in [0.717, 1.165) is 28.7 Å². The number of pyridine rings is 1. The Labute approximate surface area is 193 Å². The van der Waals surface area contributed by atoms with Crippen molar-refractivity contribution in [1.29, 1.82) is 0 Å². The predicted molar refractivity (Wildman–Crippen MR) is 124 cm³/mol. The monoisotopic (exact) mass is 451 g/mol. The Morgan fingerprint density at radius 2 is 2.03 bits per heavy atom. The minimum absolute atomic E-state index is 0.0804. The molecule has 0 N–H and O–H groups in total. The lowest BCUT2D eigenvalue weighted by Gasteiger charge is -2.29. The maximum atomic E-state index is 13.8. The first-order valence-corrected chi connectivity index (χ1v) is 11.4. The van der Waals surface area contributed by atoms with E-state index in [2.05, 4.69) is 15.6 Å². The van der Waals surface area contributed by atoms with Crippen LogP contribution in [0.15, 0.2) is 42.6 Å². The van der Waals surface area contributed by atoms with Crippen molar-refractivity contribution in [2.24, 2.45) is 5.41 Å². The van der Waals surface area contributed by atoms with Gasteiger partial charge in [-0.3, -0.25) is 9.59 Å². The van der Waals surface area contributed by atoms with E-state index >= 15 is 0 Å². The van der Waals surface area contributed by atoms with Crippen molar-refractivity contribution in [2.75, 3.05) is 13.7 Å². The number of nitrogens with zero attached hydrogens (tertiary/aromatic N) is 3. The molecule has 1 aliphatic heterocycles. The van der Waals surface area contributed by atoms with Gasteiger partial charge in [0.25, 0.3) is 0 Å². The Hall–Kier alpha value is -3.22. The molecule has 0 saturated heterocycles. The largest absolute Gasteiger partial charge is 0.469 e. The van der Waals surface area contributed by atoms with Gasteiger partial charge in [0, 0.05) is 36.8 Å². The summed E-state index contributed by atoms with van der Waals surface area (Å²) in [4.78, 5) is 31.4. The van der Waals surface area contributed by atoms with Crippen molar-refractivity contribution in [2.45, 2.75) is 52.6 Å². The second kappa shape index (κ2) is 9.33. The van der Waals surface area contributed by atoms with Crippen LogP contribution in [0.1, 0.15) is 49.9 Å². The molecule has 0 radical (unpaired) electrons. The maximum Gasteiger partial charge on any atom is 0.311 e.